The molecule has 0 amide bonds. The van der Waals surface area contributed by atoms with E-state index in [1.165, 1.54) is 18.2 Å². The Labute approximate surface area is 115 Å². The first-order valence-corrected chi connectivity index (χ1v) is 6.04. The molecule has 1 aromatic carbocycles. The van der Waals surface area contributed by atoms with Gasteiger partial charge in [0.15, 0.2) is 5.75 Å². The van der Waals surface area contributed by atoms with Crippen LogP contribution in [0.2, 0.25) is 0 Å². The van der Waals surface area contributed by atoms with Gasteiger partial charge in [-0.2, -0.15) is 0 Å². The summed E-state index contributed by atoms with van der Waals surface area (Å²) in [6, 6.07) is 4.40. The molecule has 1 rings (SSSR count). The number of nitrogens with one attached hydrogen (secondary N) is 1. The Morgan fingerprint density at radius 2 is 1.90 bits per heavy atom. The third kappa shape index (κ3) is 3.35. The van der Waals surface area contributed by atoms with Crippen molar-refractivity contribution in [2.24, 2.45) is 0 Å². The summed E-state index contributed by atoms with van der Waals surface area (Å²) < 4.78 is 5.19. The maximum atomic E-state index is 11.2. The van der Waals surface area contributed by atoms with Crippen LogP contribution in [-0.4, -0.2) is 52.2 Å². The third-order valence-corrected chi connectivity index (χ3v) is 2.79. The van der Waals surface area contributed by atoms with Gasteiger partial charge < -0.3 is 25.4 Å². The monoisotopic (exact) mass is 286 g/mol. The Hall–Kier alpha value is -1.90. The Morgan fingerprint density at radius 1 is 1.30 bits per heavy atom. The lowest BCUT2D eigenvalue weighted by atomic mass is 10.0. The number of aliphatic hydroxyl groups excluding tert-OH is 3. The minimum absolute atomic E-state index is 0.0538. The number of rotatable bonds is 8. The highest BCUT2D eigenvalue weighted by Gasteiger charge is 2.32. The largest absolute Gasteiger partial charge is 0.487 e. The number of ether oxygens (including phenoxy) is 1. The molecule has 0 radical (unpaired) electrons. The molecule has 0 spiro atoms. The lowest BCUT2D eigenvalue weighted by molar-refractivity contribution is -0.385. The van der Waals surface area contributed by atoms with Gasteiger partial charge in [-0.25, -0.2) is 0 Å². The van der Waals surface area contributed by atoms with Crippen molar-refractivity contribution >= 4 is 11.4 Å². The Morgan fingerprint density at radius 3 is 2.35 bits per heavy atom. The lowest BCUT2D eigenvalue weighted by Crippen LogP contribution is -2.49. The predicted octanol–water partition coefficient (Wildman–Crippen LogP) is 0.121. The molecule has 8 heteroatoms. The van der Waals surface area contributed by atoms with Crippen LogP contribution in [0.3, 0.4) is 0 Å². The summed E-state index contributed by atoms with van der Waals surface area (Å²) >= 11 is 0. The summed E-state index contributed by atoms with van der Waals surface area (Å²) in [5.41, 5.74) is -1.71. The topological polar surface area (TPSA) is 125 Å². The van der Waals surface area contributed by atoms with Crippen molar-refractivity contribution in [3.63, 3.8) is 0 Å². The smallest absolute Gasteiger partial charge is 0.333 e. The number of aliphatic hydroxyl groups is 3. The number of anilines is 1. The molecule has 0 bridgehead atoms. The molecule has 0 saturated carbocycles. The molecule has 0 heterocycles. The lowest BCUT2D eigenvalue weighted by Gasteiger charge is -2.29. The molecule has 0 aromatic heterocycles. The van der Waals surface area contributed by atoms with Crippen LogP contribution in [0, 0.1) is 10.1 Å². The van der Waals surface area contributed by atoms with Crippen molar-refractivity contribution < 1.29 is 25.0 Å². The van der Waals surface area contributed by atoms with E-state index >= 15 is 0 Å². The van der Waals surface area contributed by atoms with E-state index in [1.54, 1.807) is 6.92 Å². The standard InChI is InChI=1S/C12H18N2O6/c1-2-20-10-5-3-4-9(11(10)14(18)19)13-12(6-15,7-16)8-17/h3-5,13,15-17H,2,6-8H2,1H3. The zero-order chi connectivity index (χ0) is 15.2. The van der Waals surface area contributed by atoms with Crippen LogP contribution in [0.25, 0.3) is 0 Å². The maximum Gasteiger partial charge on any atom is 0.333 e. The average molecular weight is 286 g/mol. The summed E-state index contributed by atoms with van der Waals surface area (Å²) in [5, 5.41) is 41.6. The van der Waals surface area contributed by atoms with Crippen molar-refractivity contribution in [3.8, 4) is 5.75 Å². The molecule has 20 heavy (non-hydrogen) atoms. The molecule has 1 aromatic rings. The van der Waals surface area contributed by atoms with Gasteiger partial charge in [0.05, 0.1) is 31.4 Å². The highest BCUT2D eigenvalue weighted by Crippen LogP contribution is 2.36. The minimum Gasteiger partial charge on any atom is -0.487 e. The maximum absolute atomic E-state index is 11.2. The first-order chi connectivity index (χ1) is 9.53. The van der Waals surface area contributed by atoms with Gasteiger partial charge in [0.25, 0.3) is 0 Å². The van der Waals surface area contributed by atoms with Gasteiger partial charge in [0.1, 0.15) is 11.2 Å². The third-order valence-electron chi connectivity index (χ3n) is 2.79. The van der Waals surface area contributed by atoms with Gasteiger partial charge in [-0.15, -0.1) is 0 Å². The van der Waals surface area contributed by atoms with Crippen LogP contribution >= 0.6 is 0 Å². The van der Waals surface area contributed by atoms with Crippen molar-refractivity contribution in [1.29, 1.82) is 0 Å². The second-order valence-electron chi connectivity index (χ2n) is 4.22. The van der Waals surface area contributed by atoms with Crippen molar-refractivity contribution in [3.05, 3.63) is 28.3 Å². The first-order valence-electron chi connectivity index (χ1n) is 6.04. The number of hydrogen-bond acceptors (Lipinski definition) is 7. The number of benzene rings is 1. The Balaban J connectivity index is 3.23. The fourth-order valence-electron chi connectivity index (χ4n) is 1.64. The normalized spacial score (nSPS) is 11.2. The SMILES string of the molecule is CCOc1cccc(NC(CO)(CO)CO)c1[N+](=O)[O-]. The molecular weight excluding hydrogens is 268 g/mol. The molecule has 8 nitrogen and oxygen atoms in total. The average Bonchev–Trinajstić information content (AvgIpc) is 2.45. The van der Waals surface area contributed by atoms with E-state index in [9.17, 15) is 25.4 Å². The highest BCUT2D eigenvalue weighted by atomic mass is 16.6. The van der Waals surface area contributed by atoms with E-state index in [4.69, 9.17) is 4.74 Å². The Kier molecular flexibility index (Phi) is 5.68. The second-order valence-corrected chi connectivity index (χ2v) is 4.22. The summed E-state index contributed by atoms with van der Waals surface area (Å²) in [6.45, 7) is 0.195. The zero-order valence-electron chi connectivity index (χ0n) is 11.1. The number of hydrogen-bond donors (Lipinski definition) is 4. The Bertz CT molecular complexity index is 453. The summed E-state index contributed by atoms with van der Waals surface area (Å²) in [4.78, 5) is 10.5. The predicted molar refractivity (Wildman–Crippen MR) is 71.9 cm³/mol. The van der Waals surface area contributed by atoms with E-state index < -0.39 is 30.3 Å². The van der Waals surface area contributed by atoms with Crippen LogP contribution in [0.4, 0.5) is 11.4 Å². The van der Waals surface area contributed by atoms with E-state index in [-0.39, 0.29) is 23.7 Å². The van der Waals surface area contributed by atoms with Crippen LogP contribution < -0.4 is 10.1 Å². The molecule has 0 fully saturated rings. The van der Waals surface area contributed by atoms with E-state index in [1.807, 2.05) is 0 Å². The van der Waals surface area contributed by atoms with Crippen molar-refractivity contribution in [2.45, 2.75) is 12.5 Å². The molecule has 112 valence electrons. The second kappa shape index (κ2) is 7.04. The molecule has 0 aliphatic heterocycles. The molecule has 0 aliphatic rings. The number of nitro groups is 1. The van der Waals surface area contributed by atoms with Crippen molar-refractivity contribution in [2.75, 3.05) is 31.7 Å². The minimum atomic E-state index is -1.45. The van der Waals surface area contributed by atoms with Gasteiger partial charge in [-0.3, -0.25) is 10.1 Å². The molecule has 0 saturated heterocycles. The number of nitro benzene ring substituents is 1. The molecule has 4 N–H and O–H groups in total. The summed E-state index contributed by atoms with van der Waals surface area (Å²) in [5.74, 6) is 0.0743. The van der Waals surface area contributed by atoms with Gasteiger partial charge >= 0.3 is 5.69 Å². The first kappa shape index (κ1) is 16.2. The molecular formula is C12H18N2O6. The fraction of sp³-hybridized carbons (Fsp3) is 0.500. The quantitative estimate of drug-likeness (QED) is 0.395. The van der Waals surface area contributed by atoms with Gasteiger partial charge in [0, 0.05) is 0 Å². The van der Waals surface area contributed by atoms with Crippen LogP contribution in [-0.2, 0) is 0 Å². The van der Waals surface area contributed by atoms with Crippen LogP contribution in [0.1, 0.15) is 6.92 Å². The van der Waals surface area contributed by atoms with Crippen LogP contribution in [0.15, 0.2) is 18.2 Å². The van der Waals surface area contributed by atoms with Gasteiger partial charge in [0.2, 0.25) is 0 Å². The molecule has 0 unspecified atom stereocenters. The van der Waals surface area contributed by atoms with Gasteiger partial charge in [-0.05, 0) is 19.1 Å². The van der Waals surface area contributed by atoms with E-state index in [0.717, 1.165) is 0 Å². The summed E-state index contributed by atoms with van der Waals surface area (Å²) in [7, 11) is 0. The number of nitrogens with zero attached hydrogens (tertiary/aromatic N) is 1. The summed E-state index contributed by atoms with van der Waals surface area (Å²) in [6.07, 6.45) is 0. The molecule has 0 atom stereocenters. The highest BCUT2D eigenvalue weighted by molar-refractivity contribution is 5.69. The van der Waals surface area contributed by atoms with E-state index in [2.05, 4.69) is 5.32 Å². The fourth-order valence-corrected chi connectivity index (χ4v) is 1.64. The van der Waals surface area contributed by atoms with Gasteiger partial charge in [-0.1, -0.05) is 6.07 Å². The van der Waals surface area contributed by atoms with Crippen molar-refractivity contribution in [1.82, 2.24) is 0 Å². The van der Waals surface area contributed by atoms with Crippen LogP contribution in [0.5, 0.6) is 5.75 Å². The molecule has 0 aliphatic carbocycles. The van der Waals surface area contributed by atoms with E-state index in [0.29, 0.717) is 0 Å². The number of para-hydroxylation sites is 1. The zero-order valence-corrected chi connectivity index (χ0v) is 11.1.